The summed E-state index contributed by atoms with van der Waals surface area (Å²) in [4.78, 5) is 0. The van der Waals surface area contributed by atoms with Crippen LogP contribution in [-0.4, -0.2) is 64.5 Å². The van der Waals surface area contributed by atoms with E-state index in [-0.39, 0.29) is 6.79 Å². The molecule has 4 N–H and O–H groups in total. The van der Waals surface area contributed by atoms with Crippen LogP contribution in [0.2, 0.25) is 0 Å². The zero-order chi connectivity index (χ0) is 17.3. The molecule has 0 saturated carbocycles. The van der Waals surface area contributed by atoms with E-state index >= 15 is 0 Å². The number of hydrogen-bond donors (Lipinski definition) is 4. The van der Waals surface area contributed by atoms with E-state index in [1.807, 2.05) is 0 Å². The number of fused-ring (bicyclic) bond motifs is 1. The lowest BCUT2D eigenvalue weighted by Gasteiger charge is -2.39. The molecule has 0 aliphatic carbocycles. The molecular formula is C16H20O8. The highest BCUT2D eigenvalue weighted by Crippen LogP contribution is 2.39. The van der Waals surface area contributed by atoms with E-state index in [1.165, 1.54) is 0 Å². The van der Waals surface area contributed by atoms with Gasteiger partial charge >= 0.3 is 0 Å². The first kappa shape index (κ1) is 17.0. The van der Waals surface area contributed by atoms with E-state index in [0.29, 0.717) is 23.7 Å². The molecule has 8 nitrogen and oxygen atoms in total. The van der Waals surface area contributed by atoms with Gasteiger partial charge in [-0.15, -0.1) is 6.58 Å². The van der Waals surface area contributed by atoms with Gasteiger partial charge in [0.15, 0.2) is 11.5 Å². The predicted molar refractivity (Wildman–Crippen MR) is 80.9 cm³/mol. The molecule has 2 heterocycles. The van der Waals surface area contributed by atoms with Crippen LogP contribution in [0.4, 0.5) is 0 Å². The average molecular weight is 340 g/mol. The van der Waals surface area contributed by atoms with Crippen LogP contribution in [0.3, 0.4) is 0 Å². The topological polar surface area (TPSA) is 118 Å². The summed E-state index contributed by atoms with van der Waals surface area (Å²) in [6, 6.07) is 3.34. The maximum atomic E-state index is 10.1. The maximum Gasteiger partial charge on any atom is 0.231 e. The van der Waals surface area contributed by atoms with Gasteiger partial charge in [-0.05, 0) is 12.5 Å². The lowest BCUT2D eigenvalue weighted by atomic mass is 9.99. The van der Waals surface area contributed by atoms with Gasteiger partial charge in [-0.25, -0.2) is 0 Å². The second-order valence-electron chi connectivity index (χ2n) is 5.62. The SMILES string of the molecule is C=CCc1cc2c(cc1O[C@@H]1O[C@H](CO)[C@@H](O)[C@H](O)[C@H]1O)OCO2. The molecule has 1 fully saturated rings. The highest BCUT2D eigenvalue weighted by molar-refractivity contribution is 5.52. The summed E-state index contributed by atoms with van der Waals surface area (Å²) in [6.45, 7) is 3.27. The second kappa shape index (κ2) is 6.96. The van der Waals surface area contributed by atoms with Gasteiger partial charge in [0.25, 0.3) is 0 Å². The molecule has 0 spiro atoms. The Morgan fingerprint density at radius 2 is 1.83 bits per heavy atom. The molecule has 1 aromatic carbocycles. The van der Waals surface area contributed by atoms with Crippen LogP contribution in [-0.2, 0) is 11.2 Å². The van der Waals surface area contributed by atoms with Crippen LogP contribution in [0, 0.1) is 0 Å². The summed E-state index contributed by atoms with van der Waals surface area (Å²) >= 11 is 0. The van der Waals surface area contributed by atoms with Crippen LogP contribution < -0.4 is 14.2 Å². The van der Waals surface area contributed by atoms with Gasteiger partial charge in [0.05, 0.1) is 6.61 Å². The first-order valence-corrected chi connectivity index (χ1v) is 7.55. The Bertz CT molecular complexity index is 602. The fraction of sp³-hybridized carbons (Fsp3) is 0.500. The fourth-order valence-corrected chi connectivity index (χ4v) is 2.68. The maximum absolute atomic E-state index is 10.1. The molecule has 0 aromatic heterocycles. The number of allylic oxidation sites excluding steroid dienone is 1. The van der Waals surface area contributed by atoms with E-state index < -0.39 is 37.3 Å². The summed E-state index contributed by atoms with van der Waals surface area (Å²) in [5.41, 5.74) is 0.728. The van der Waals surface area contributed by atoms with Crippen LogP contribution in [0.15, 0.2) is 24.8 Å². The van der Waals surface area contributed by atoms with Crippen molar-refractivity contribution in [1.29, 1.82) is 0 Å². The Balaban J connectivity index is 1.85. The van der Waals surface area contributed by atoms with E-state index in [0.717, 1.165) is 5.56 Å². The van der Waals surface area contributed by atoms with E-state index in [2.05, 4.69) is 6.58 Å². The van der Waals surface area contributed by atoms with Gasteiger partial charge in [-0.3, -0.25) is 0 Å². The monoisotopic (exact) mass is 340 g/mol. The van der Waals surface area contributed by atoms with Crippen LogP contribution in [0.1, 0.15) is 5.56 Å². The van der Waals surface area contributed by atoms with Crippen molar-refractivity contribution in [2.45, 2.75) is 37.1 Å². The minimum Gasteiger partial charge on any atom is -0.462 e. The molecule has 0 radical (unpaired) electrons. The molecule has 132 valence electrons. The smallest absolute Gasteiger partial charge is 0.231 e. The summed E-state index contributed by atoms with van der Waals surface area (Å²) in [7, 11) is 0. The van der Waals surface area contributed by atoms with Gasteiger partial charge in [-0.1, -0.05) is 6.08 Å². The summed E-state index contributed by atoms with van der Waals surface area (Å²) < 4.78 is 21.7. The number of aliphatic hydroxyl groups is 4. The highest BCUT2D eigenvalue weighted by Gasteiger charge is 2.45. The summed E-state index contributed by atoms with van der Waals surface area (Å²) in [5.74, 6) is 1.43. The zero-order valence-corrected chi connectivity index (χ0v) is 12.9. The van der Waals surface area contributed by atoms with Crippen LogP contribution in [0.25, 0.3) is 0 Å². The largest absolute Gasteiger partial charge is 0.462 e. The lowest BCUT2D eigenvalue weighted by Crippen LogP contribution is -2.60. The van der Waals surface area contributed by atoms with Crippen molar-refractivity contribution in [1.82, 2.24) is 0 Å². The van der Waals surface area contributed by atoms with Crippen molar-refractivity contribution >= 4 is 0 Å². The van der Waals surface area contributed by atoms with Crippen LogP contribution >= 0.6 is 0 Å². The van der Waals surface area contributed by atoms with Crippen molar-refractivity contribution in [3.8, 4) is 17.2 Å². The highest BCUT2D eigenvalue weighted by atomic mass is 16.7. The van der Waals surface area contributed by atoms with Gasteiger partial charge < -0.3 is 39.4 Å². The van der Waals surface area contributed by atoms with Gasteiger partial charge in [0.1, 0.15) is 30.2 Å². The average Bonchev–Trinajstić information content (AvgIpc) is 3.03. The van der Waals surface area contributed by atoms with Crippen molar-refractivity contribution in [2.75, 3.05) is 13.4 Å². The van der Waals surface area contributed by atoms with Gasteiger partial charge in [0.2, 0.25) is 13.1 Å². The molecule has 0 bridgehead atoms. The van der Waals surface area contributed by atoms with Crippen molar-refractivity contribution in [2.24, 2.45) is 0 Å². The minimum atomic E-state index is -1.50. The molecular weight excluding hydrogens is 320 g/mol. The summed E-state index contributed by atoms with van der Waals surface area (Å²) in [6.07, 6.45) is -4.56. The van der Waals surface area contributed by atoms with Crippen molar-refractivity contribution in [3.63, 3.8) is 0 Å². The third-order valence-electron chi connectivity index (χ3n) is 4.01. The number of ether oxygens (including phenoxy) is 4. The number of hydrogen-bond acceptors (Lipinski definition) is 8. The second-order valence-corrected chi connectivity index (χ2v) is 5.62. The molecule has 1 saturated heterocycles. The molecule has 8 heteroatoms. The van der Waals surface area contributed by atoms with Gasteiger partial charge in [-0.2, -0.15) is 0 Å². The first-order chi connectivity index (χ1) is 11.5. The number of aliphatic hydroxyl groups excluding tert-OH is 4. The Kier molecular flexibility index (Phi) is 4.93. The molecule has 2 aliphatic rings. The van der Waals surface area contributed by atoms with E-state index in [1.54, 1.807) is 18.2 Å². The minimum absolute atomic E-state index is 0.104. The predicted octanol–water partition coefficient (Wildman–Crippen LogP) is -0.678. The Labute approximate surface area is 138 Å². The molecule has 3 rings (SSSR count). The Morgan fingerprint density at radius 3 is 2.50 bits per heavy atom. The quantitative estimate of drug-likeness (QED) is 0.521. The standard InChI is InChI=1S/C16H20O8/c1-2-3-8-4-10-11(22-7-21-10)5-9(8)23-16-15(20)14(19)13(18)12(6-17)24-16/h2,4-5,12-20H,1,3,6-7H2/t12-,13-,14+,15-,16-/m1/s1. The molecule has 0 unspecified atom stereocenters. The van der Waals surface area contributed by atoms with Crippen molar-refractivity contribution in [3.05, 3.63) is 30.4 Å². The summed E-state index contributed by atoms with van der Waals surface area (Å²) in [5, 5.41) is 39.0. The van der Waals surface area contributed by atoms with Crippen LogP contribution in [0.5, 0.6) is 17.2 Å². The van der Waals surface area contributed by atoms with E-state index in [4.69, 9.17) is 18.9 Å². The van der Waals surface area contributed by atoms with E-state index in [9.17, 15) is 20.4 Å². The molecule has 5 atom stereocenters. The molecule has 1 aromatic rings. The number of rotatable bonds is 5. The molecule has 24 heavy (non-hydrogen) atoms. The normalized spacial score (nSPS) is 31.8. The molecule has 2 aliphatic heterocycles. The molecule has 0 amide bonds. The van der Waals surface area contributed by atoms with Gasteiger partial charge in [0, 0.05) is 11.6 Å². The third kappa shape index (κ3) is 3.06. The zero-order valence-electron chi connectivity index (χ0n) is 12.9. The third-order valence-corrected chi connectivity index (χ3v) is 4.01. The lowest BCUT2D eigenvalue weighted by molar-refractivity contribution is -0.277. The first-order valence-electron chi connectivity index (χ1n) is 7.55. The number of benzene rings is 1. The Morgan fingerprint density at radius 1 is 1.12 bits per heavy atom. The Hall–Kier alpha value is -1.84. The van der Waals surface area contributed by atoms with Crippen molar-refractivity contribution < 1.29 is 39.4 Å². The fourth-order valence-electron chi connectivity index (χ4n) is 2.68.